The van der Waals surface area contributed by atoms with E-state index >= 15 is 0 Å². The minimum atomic E-state index is -1.09. The number of carbonyl (C=O) groups is 1. The van der Waals surface area contributed by atoms with E-state index in [0.29, 0.717) is 17.4 Å². The van der Waals surface area contributed by atoms with Crippen molar-refractivity contribution in [1.82, 2.24) is 9.97 Å². The Morgan fingerprint density at radius 2 is 1.94 bits per heavy atom. The lowest BCUT2D eigenvalue weighted by atomic mass is 10.2. The van der Waals surface area contributed by atoms with E-state index in [1.54, 1.807) is 12.1 Å². The van der Waals surface area contributed by atoms with Gasteiger partial charge in [-0.25, -0.2) is 14.8 Å². The number of carboxylic acids is 1. The van der Waals surface area contributed by atoms with Gasteiger partial charge >= 0.3 is 5.97 Å². The summed E-state index contributed by atoms with van der Waals surface area (Å²) >= 11 is 5.78. The van der Waals surface area contributed by atoms with Crippen LogP contribution in [0.25, 0.3) is 0 Å². The predicted octanol–water partition coefficient (Wildman–Crippen LogP) is 2.44. The topological polar surface area (TPSA) is 75.1 Å². The maximum Gasteiger partial charge on any atom is 0.356 e. The van der Waals surface area contributed by atoms with Gasteiger partial charge in [-0.2, -0.15) is 0 Å². The fraction of sp³-hybridized carbons (Fsp3) is 0.0833. The summed E-state index contributed by atoms with van der Waals surface area (Å²) in [7, 11) is 0. The molecule has 0 fully saturated rings. The summed E-state index contributed by atoms with van der Waals surface area (Å²) in [4.78, 5) is 18.3. The lowest BCUT2D eigenvalue weighted by Crippen LogP contribution is -2.05. The third-order valence-corrected chi connectivity index (χ3v) is 2.51. The van der Waals surface area contributed by atoms with Gasteiger partial charge in [-0.05, 0) is 17.7 Å². The molecule has 0 aliphatic rings. The molecule has 6 heteroatoms. The van der Waals surface area contributed by atoms with Crippen molar-refractivity contribution in [2.24, 2.45) is 0 Å². The molecule has 1 aromatic heterocycles. The predicted molar refractivity (Wildman–Crippen MR) is 67.8 cm³/mol. The molecule has 0 bridgehead atoms. The number of hydrogen-bond acceptors (Lipinski definition) is 4. The summed E-state index contributed by atoms with van der Waals surface area (Å²) in [5.74, 6) is -0.568. The normalized spacial score (nSPS) is 10.1. The van der Waals surface area contributed by atoms with Gasteiger partial charge in [-0.1, -0.05) is 23.7 Å². The molecule has 0 radical (unpaired) electrons. The van der Waals surface area contributed by atoms with Crippen molar-refractivity contribution in [1.29, 1.82) is 0 Å². The second kappa shape index (κ2) is 5.46. The molecule has 1 aromatic carbocycles. The SMILES string of the molecule is O=C(O)c1cnc(NCc2ccc(Cl)cc2)cn1. The molecule has 18 heavy (non-hydrogen) atoms. The summed E-state index contributed by atoms with van der Waals surface area (Å²) in [6.07, 6.45) is 2.60. The van der Waals surface area contributed by atoms with Crippen molar-refractivity contribution in [3.63, 3.8) is 0 Å². The number of benzene rings is 1. The van der Waals surface area contributed by atoms with E-state index in [-0.39, 0.29) is 5.69 Å². The smallest absolute Gasteiger partial charge is 0.356 e. The first-order chi connectivity index (χ1) is 8.65. The quantitative estimate of drug-likeness (QED) is 0.886. The van der Waals surface area contributed by atoms with Gasteiger partial charge in [0.2, 0.25) is 0 Å². The van der Waals surface area contributed by atoms with E-state index < -0.39 is 5.97 Å². The molecule has 0 amide bonds. The summed E-state index contributed by atoms with van der Waals surface area (Å²) in [6.45, 7) is 0.568. The molecule has 0 saturated carbocycles. The molecule has 0 aliphatic carbocycles. The number of nitrogens with one attached hydrogen (secondary N) is 1. The van der Waals surface area contributed by atoms with E-state index in [4.69, 9.17) is 16.7 Å². The lowest BCUT2D eigenvalue weighted by Gasteiger charge is -2.05. The highest BCUT2D eigenvalue weighted by Crippen LogP contribution is 2.11. The van der Waals surface area contributed by atoms with Crippen molar-refractivity contribution in [2.45, 2.75) is 6.54 Å². The van der Waals surface area contributed by atoms with Gasteiger partial charge in [-0.3, -0.25) is 0 Å². The summed E-state index contributed by atoms with van der Waals surface area (Å²) in [6, 6.07) is 7.40. The van der Waals surface area contributed by atoms with Crippen LogP contribution >= 0.6 is 11.6 Å². The zero-order valence-electron chi connectivity index (χ0n) is 9.30. The van der Waals surface area contributed by atoms with Crippen LogP contribution in [0.3, 0.4) is 0 Å². The second-order valence-corrected chi connectivity index (χ2v) is 4.01. The average molecular weight is 264 g/mol. The Labute approximate surface area is 108 Å². The third-order valence-electron chi connectivity index (χ3n) is 2.26. The van der Waals surface area contributed by atoms with Crippen LogP contribution in [0.15, 0.2) is 36.7 Å². The number of rotatable bonds is 4. The number of halogens is 1. The summed E-state index contributed by atoms with van der Waals surface area (Å²) in [5.41, 5.74) is 0.968. The van der Waals surface area contributed by atoms with Gasteiger partial charge in [0, 0.05) is 11.6 Å². The average Bonchev–Trinajstić information content (AvgIpc) is 2.38. The second-order valence-electron chi connectivity index (χ2n) is 3.57. The molecule has 5 nitrogen and oxygen atoms in total. The van der Waals surface area contributed by atoms with Crippen LogP contribution in [0.5, 0.6) is 0 Å². The molecule has 0 spiro atoms. The van der Waals surface area contributed by atoms with Crippen LogP contribution in [0, 0.1) is 0 Å². The van der Waals surface area contributed by atoms with E-state index in [0.717, 1.165) is 5.56 Å². The minimum absolute atomic E-state index is 0.0768. The molecular weight excluding hydrogens is 254 g/mol. The first-order valence-electron chi connectivity index (χ1n) is 5.19. The molecule has 0 unspecified atom stereocenters. The van der Waals surface area contributed by atoms with Gasteiger partial charge in [0.25, 0.3) is 0 Å². The van der Waals surface area contributed by atoms with Crippen LogP contribution in [0.4, 0.5) is 5.82 Å². The zero-order valence-corrected chi connectivity index (χ0v) is 10.1. The monoisotopic (exact) mass is 263 g/mol. The Balaban J connectivity index is 1.97. The minimum Gasteiger partial charge on any atom is -0.476 e. The number of aromatic nitrogens is 2. The molecular formula is C12H10ClN3O2. The van der Waals surface area contributed by atoms with Gasteiger partial charge in [0.15, 0.2) is 5.69 Å². The third kappa shape index (κ3) is 3.18. The van der Waals surface area contributed by atoms with Crippen LogP contribution in [0.2, 0.25) is 5.02 Å². The van der Waals surface area contributed by atoms with E-state index in [1.807, 2.05) is 12.1 Å². The van der Waals surface area contributed by atoms with Gasteiger partial charge in [0.05, 0.1) is 12.4 Å². The van der Waals surface area contributed by atoms with Gasteiger partial charge in [0.1, 0.15) is 5.82 Å². The number of anilines is 1. The summed E-state index contributed by atoms with van der Waals surface area (Å²) in [5, 5.41) is 12.4. The standard InChI is InChI=1S/C12H10ClN3O2/c13-9-3-1-8(2-4-9)5-15-11-7-14-10(6-16-11)12(17)18/h1-4,6-7H,5H2,(H,15,16)(H,17,18). The fourth-order valence-corrected chi connectivity index (χ4v) is 1.45. The molecule has 0 saturated heterocycles. The molecule has 2 rings (SSSR count). The van der Waals surface area contributed by atoms with Crippen LogP contribution in [-0.2, 0) is 6.54 Å². The number of carboxylic acid groups (broad SMARTS) is 1. The Bertz CT molecular complexity index is 540. The first-order valence-corrected chi connectivity index (χ1v) is 5.56. The molecule has 2 N–H and O–H groups in total. The molecule has 92 valence electrons. The maximum atomic E-state index is 10.6. The largest absolute Gasteiger partial charge is 0.476 e. The van der Waals surface area contributed by atoms with Gasteiger partial charge in [-0.15, -0.1) is 0 Å². The van der Waals surface area contributed by atoms with E-state index in [9.17, 15) is 4.79 Å². The molecule has 2 aromatic rings. The fourth-order valence-electron chi connectivity index (χ4n) is 1.32. The van der Waals surface area contributed by atoms with Gasteiger partial charge < -0.3 is 10.4 Å². The Morgan fingerprint density at radius 3 is 2.50 bits per heavy atom. The molecule has 1 heterocycles. The van der Waals surface area contributed by atoms with Crippen molar-refractivity contribution in [3.05, 3.63) is 52.9 Å². The number of nitrogens with zero attached hydrogens (tertiary/aromatic N) is 2. The lowest BCUT2D eigenvalue weighted by molar-refractivity contribution is 0.0690. The van der Waals surface area contributed by atoms with Crippen LogP contribution < -0.4 is 5.32 Å². The highest BCUT2D eigenvalue weighted by atomic mass is 35.5. The maximum absolute atomic E-state index is 10.6. The Morgan fingerprint density at radius 1 is 1.22 bits per heavy atom. The van der Waals surface area contributed by atoms with Crippen LogP contribution in [-0.4, -0.2) is 21.0 Å². The van der Waals surface area contributed by atoms with Crippen molar-refractivity contribution < 1.29 is 9.90 Å². The highest BCUT2D eigenvalue weighted by molar-refractivity contribution is 6.30. The number of aromatic carboxylic acids is 1. The zero-order chi connectivity index (χ0) is 13.0. The first kappa shape index (κ1) is 12.3. The Kier molecular flexibility index (Phi) is 3.74. The van der Waals surface area contributed by atoms with Crippen molar-refractivity contribution in [3.8, 4) is 0 Å². The van der Waals surface area contributed by atoms with Crippen LogP contribution in [0.1, 0.15) is 16.1 Å². The number of hydrogen-bond donors (Lipinski definition) is 2. The Hall–Kier alpha value is -2.14. The van der Waals surface area contributed by atoms with E-state index in [2.05, 4.69) is 15.3 Å². The van der Waals surface area contributed by atoms with Crippen molar-refractivity contribution >= 4 is 23.4 Å². The van der Waals surface area contributed by atoms with Crippen molar-refractivity contribution in [2.75, 3.05) is 5.32 Å². The molecule has 0 atom stereocenters. The summed E-state index contributed by atoms with van der Waals surface area (Å²) < 4.78 is 0. The molecule has 0 aliphatic heterocycles. The van der Waals surface area contributed by atoms with E-state index in [1.165, 1.54) is 12.4 Å². The highest BCUT2D eigenvalue weighted by Gasteiger charge is 2.04.